The predicted molar refractivity (Wildman–Crippen MR) is 75.0 cm³/mol. The van der Waals surface area contributed by atoms with Crippen LogP contribution < -0.4 is 10.1 Å². The Morgan fingerprint density at radius 3 is 2.85 bits per heavy atom. The van der Waals surface area contributed by atoms with Crippen molar-refractivity contribution in [2.24, 2.45) is 0 Å². The van der Waals surface area contributed by atoms with E-state index in [0.29, 0.717) is 17.9 Å². The molecule has 1 heterocycles. The number of nitrogens with zero attached hydrogens (tertiary/aromatic N) is 3. The van der Waals surface area contributed by atoms with Gasteiger partial charge in [-0.25, -0.2) is 4.39 Å². The Kier molecular flexibility index (Phi) is 4.68. The predicted octanol–water partition coefficient (Wildman–Crippen LogP) is 3.50. The van der Waals surface area contributed by atoms with Crippen LogP contribution in [0.25, 0.3) is 0 Å². The normalized spacial score (nSPS) is 10.4. The maximum Gasteiger partial charge on any atom is 0.322 e. The van der Waals surface area contributed by atoms with Crippen LogP contribution in [0.15, 0.2) is 18.2 Å². The van der Waals surface area contributed by atoms with E-state index in [0.717, 1.165) is 6.42 Å². The SMILES string of the molecule is CCCOc1nc(Cl)nc(Nc2cccc(F)c2C)n1. The molecule has 20 heavy (non-hydrogen) atoms. The lowest BCUT2D eigenvalue weighted by Gasteiger charge is -2.09. The smallest absolute Gasteiger partial charge is 0.322 e. The molecule has 1 aromatic heterocycles. The van der Waals surface area contributed by atoms with Crippen molar-refractivity contribution in [3.8, 4) is 6.01 Å². The third-order valence-corrected chi connectivity index (χ3v) is 2.71. The van der Waals surface area contributed by atoms with E-state index in [1.54, 1.807) is 19.1 Å². The molecule has 0 spiro atoms. The Labute approximate surface area is 121 Å². The first-order valence-electron chi connectivity index (χ1n) is 6.16. The number of hydrogen-bond donors (Lipinski definition) is 1. The fraction of sp³-hybridized carbons (Fsp3) is 0.308. The molecular weight excluding hydrogens is 283 g/mol. The van der Waals surface area contributed by atoms with E-state index >= 15 is 0 Å². The average molecular weight is 297 g/mol. The van der Waals surface area contributed by atoms with Crippen LogP contribution in [0.2, 0.25) is 5.28 Å². The monoisotopic (exact) mass is 296 g/mol. The van der Waals surface area contributed by atoms with Crippen molar-refractivity contribution in [3.63, 3.8) is 0 Å². The van der Waals surface area contributed by atoms with Crippen molar-refractivity contribution in [3.05, 3.63) is 34.9 Å². The van der Waals surface area contributed by atoms with Gasteiger partial charge in [0, 0.05) is 11.3 Å². The van der Waals surface area contributed by atoms with Gasteiger partial charge in [-0.3, -0.25) is 0 Å². The fourth-order valence-electron chi connectivity index (χ4n) is 1.51. The first kappa shape index (κ1) is 14.5. The number of benzene rings is 1. The van der Waals surface area contributed by atoms with Gasteiger partial charge in [-0.15, -0.1) is 0 Å². The van der Waals surface area contributed by atoms with Gasteiger partial charge >= 0.3 is 6.01 Å². The van der Waals surface area contributed by atoms with Gasteiger partial charge in [0.1, 0.15) is 5.82 Å². The second-order valence-corrected chi connectivity index (χ2v) is 4.43. The number of nitrogens with one attached hydrogen (secondary N) is 1. The topological polar surface area (TPSA) is 59.9 Å². The second kappa shape index (κ2) is 6.47. The van der Waals surface area contributed by atoms with Crippen molar-refractivity contribution in [2.45, 2.75) is 20.3 Å². The van der Waals surface area contributed by atoms with E-state index in [-0.39, 0.29) is 23.1 Å². The van der Waals surface area contributed by atoms with Gasteiger partial charge in [-0.05, 0) is 37.1 Å². The van der Waals surface area contributed by atoms with Crippen LogP contribution in [-0.4, -0.2) is 21.6 Å². The van der Waals surface area contributed by atoms with Crippen molar-refractivity contribution >= 4 is 23.2 Å². The molecule has 0 saturated heterocycles. The van der Waals surface area contributed by atoms with Gasteiger partial charge in [0.15, 0.2) is 0 Å². The summed E-state index contributed by atoms with van der Waals surface area (Å²) in [5, 5.41) is 2.92. The number of rotatable bonds is 5. The van der Waals surface area contributed by atoms with E-state index in [4.69, 9.17) is 16.3 Å². The molecule has 7 heteroatoms. The number of hydrogen-bond acceptors (Lipinski definition) is 5. The lowest BCUT2D eigenvalue weighted by Crippen LogP contribution is -2.05. The van der Waals surface area contributed by atoms with Crippen molar-refractivity contribution in [2.75, 3.05) is 11.9 Å². The van der Waals surface area contributed by atoms with Gasteiger partial charge in [-0.1, -0.05) is 13.0 Å². The van der Waals surface area contributed by atoms with Crippen LogP contribution in [0.4, 0.5) is 16.0 Å². The van der Waals surface area contributed by atoms with Crippen LogP contribution >= 0.6 is 11.6 Å². The molecule has 0 aliphatic rings. The van der Waals surface area contributed by atoms with E-state index in [1.807, 2.05) is 6.92 Å². The maximum absolute atomic E-state index is 13.5. The quantitative estimate of drug-likeness (QED) is 0.915. The maximum atomic E-state index is 13.5. The van der Waals surface area contributed by atoms with Crippen LogP contribution in [0, 0.1) is 12.7 Å². The van der Waals surface area contributed by atoms with Crippen LogP contribution in [0.5, 0.6) is 6.01 Å². The Morgan fingerprint density at radius 2 is 2.10 bits per heavy atom. The van der Waals surface area contributed by atoms with Gasteiger partial charge < -0.3 is 10.1 Å². The molecular formula is C13H14ClFN4O. The molecule has 5 nitrogen and oxygen atoms in total. The van der Waals surface area contributed by atoms with Gasteiger partial charge in [-0.2, -0.15) is 15.0 Å². The van der Waals surface area contributed by atoms with E-state index in [1.165, 1.54) is 6.07 Å². The summed E-state index contributed by atoms with van der Waals surface area (Å²) in [5.74, 6) is -0.0950. The Morgan fingerprint density at radius 1 is 1.30 bits per heavy atom. The van der Waals surface area contributed by atoms with Gasteiger partial charge in [0.25, 0.3) is 0 Å². The lowest BCUT2D eigenvalue weighted by molar-refractivity contribution is 0.292. The van der Waals surface area contributed by atoms with Crippen LogP contribution in [0.3, 0.4) is 0 Å². The Balaban J connectivity index is 2.24. The summed E-state index contributed by atoms with van der Waals surface area (Å²) in [6, 6.07) is 4.85. The number of aromatic nitrogens is 3. The molecule has 0 aliphatic carbocycles. The molecule has 0 fully saturated rings. The molecule has 0 saturated carbocycles. The molecule has 0 amide bonds. The molecule has 0 aliphatic heterocycles. The average Bonchev–Trinajstić information content (AvgIpc) is 2.41. The summed E-state index contributed by atoms with van der Waals surface area (Å²) in [6.07, 6.45) is 0.828. The highest BCUT2D eigenvalue weighted by Crippen LogP contribution is 2.21. The standard InChI is InChI=1S/C13H14ClFN4O/c1-3-7-20-13-18-11(14)17-12(19-13)16-10-6-4-5-9(15)8(10)2/h4-6H,3,7H2,1-2H3,(H,16,17,18,19). The molecule has 106 valence electrons. The minimum atomic E-state index is -0.308. The third-order valence-electron chi connectivity index (χ3n) is 2.54. The summed E-state index contributed by atoms with van der Waals surface area (Å²) in [4.78, 5) is 11.9. The van der Waals surface area contributed by atoms with Gasteiger partial charge in [0.05, 0.1) is 6.61 Å². The lowest BCUT2D eigenvalue weighted by atomic mass is 10.2. The zero-order valence-corrected chi connectivity index (χ0v) is 11.9. The van der Waals surface area contributed by atoms with Crippen LogP contribution in [0.1, 0.15) is 18.9 Å². The molecule has 1 N–H and O–H groups in total. The van der Waals surface area contributed by atoms with E-state index in [2.05, 4.69) is 20.3 Å². The van der Waals surface area contributed by atoms with E-state index in [9.17, 15) is 4.39 Å². The molecule has 0 atom stereocenters. The summed E-state index contributed by atoms with van der Waals surface area (Å²) < 4.78 is 18.8. The number of halogens is 2. The van der Waals surface area contributed by atoms with Crippen molar-refractivity contribution in [1.29, 1.82) is 0 Å². The summed E-state index contributed by atoms with van der Waals surface area (Å²) >= 11 is 5.81. The Hall–Kier alpha value is -1.95. The molecule has 2 rings (SSSR count). The molecule has 1 aromatic carbocycles. The Bertz CT molecular complexity index is 609. The molecule has 0 unspecified atom stereocenters. The number of ether oxygens (including phenoxy) is 1. The van der Waals surface area contributed by atoms with Crippen LogP contribution in [-0.2, 0) is 0 Å². The molecule has 0 bridgehead atoms. The third kappa shape index (κ3) is 3.54. The molecule has 0 radical (unpaired) electrons. The van der Waals surface area contributed by atoms with Crippen molar-refractivity contribution < 1.29 is 9.13 Å². The van der Waals surface area contributed by atoms with E-state index < -0.39 is 0 Å². The fourth-order valence-corrected chi connectivity index (χ4v) is 1.66. The largest absolute Gasteiger partial charge is 0.463 e. The zero-order valence-electron chi connectivity index (χ0n) is 11.2. The highest BCUT2D eigenvalue weighted by atomic mass is 35.5. The first-order valence-corrected chi connectivity index (χ1v) is 6.54. The van der Waals surface area contributed by atoms with Crippen molar-refractivity contribution in [1.82, 2.24) is 15.0 Å². The highest BCUT2D eigenvalue weighted by Gasteiger charge is 2.09. The first-order chi connectivity index (χ1) is 9.60. The number of anilines is 2. The minimum Gasteiger partial charge on any atom is -0.463 e. The second-order valence-electron chi connectivity index (χ2n) is 4.10. The minimum absolute atomic E-state index is 0.0164. The van der Waals surface area contributed by atoms with Gasteiger partial charge in [0.2, 0.25) is 11.2 Å². The molecule has 2 aromatic rings. The summed E-state index contributed by atoms with van der Waals surface area (Å²) in [6.45, 7) is 4.12. The zero-order chi connectivity index (χ0) is 14.5. The highest BCUT2D eigenvalue weighted by molar-refractivity contribution is 6.28. The summed E-state index contributed by atoms with van der Waals surface area (Å²) in [7, 11) is 0. The summed E-state index contributed by atoms with van der Waals surface area (Å²) in [5.41, 5.74) is 1.04.